The molecule has 0 saturated carbocycles. The fraction of sp³-hybridized carbons (Fsp3) is 0.467. The maximum Gasteiger partial charge on any atom is 0.407 e. The van der Waals surface area contributed by atoms with Crippen LogP contribution in [0.4, 0.5) is 10.5 Å². The summed E-state index contributed by atoms with van der Waals surface area (Å²) in [6.45, 7) is 5.78. The Kier molecular flexibility index (Phi) is 6.49. The van der Waals surface area contributed by atoms with E-state index in [4.69, 9.17) is 16.3 Å². The summed E-state index contributed by atoms with van der Waals surface area (Å²) in [6, 6.07) is 6.95. The van der Waals surface area contributed by atoms with Gasteiger partial charge in [-0.2, -0.15) is 0 Å². The van der Waals surface area contributed by atoms with Gasteiger partial charge in [-0.3, -0.25) is 4.79 Å². The Morgan fingerprint density at radius 3 is 2.62 bits per heavy atom. The third kappa shape index (κ3) is 8.19. The first-order valence-corrected chi connectivity index (χ1v) is 7.16. The molecule has 1 aromatic rings. The molecule has 116 valence electrons. The Bertz CT molecular complexity index is 498. The van der Waals surface area contributed by atoms with Gasteiger partial charge in [0.2, 0.25) is 5.91 Å². The van der Waals surface area contributed by atoms with Crippen LogP contribution in [0.5, 0.6) is 0 Å². The van der Waals surface area contributed by atoms with Crippen molar-refractivity contribution in [2.24, 2.45) is 0 Å². The number of amides is 2. The number of halogens is 1. The zero-order valence-electron chi connectivity index (χ0n) is 12.5. The Hall–Kier alpha value is -1.75. The summed E-state index contributed by atoms with van der Waals surface area (Å²) < 4.78 is 5.09. The standard InChI is InChI=1S/C15H21ClN2O3/c1-15(2,3)21-14(20)17-9-5-8-13(19)18-12-7-4-6-11(16)10-12/h4,6-7,10H,5,8-9H2,1-3H3,(H,17,20)(H,18,19). The highest BCUT2D eigenvalue weighted by atomic mass is 35.5. The maximum atomic E-state index is 11.7. The highest BCUT2D eigenvalue weighted by Gasteiger charge is 2.15. The van der Waals surface area contributed by atoms with Gasteiger partial charge in [-0.25, -0.2) is 4.79 Å². The van der Waals surface area contributed by atoms with Crippen molar-refractivity contribution in [1.29, 1.82) is 0 Å². The van der Waals surface area contributed by atoms with Crippen LogP contribution in [-0.4, -0.2) is 24.1 Å². The topological polar surface area (TPSA) is 67.4 Å². The van der Waals surface area contributed by atoms with Crippen LogP contribution >= 0.6 is 11.6 Å². The molecule has 0 radical (unpaired) electrons. The summed E-state index contributed by atoms with van der Waals surface area (Å²) in [4.78, 5) is 23.1. The average molecular weight is 313 g/mol. The van der Waals surface area contributed by atoms with Crippen LogP contribution in [0, 0.1) is 0 Å². The van der Waals surface area contributed by atoms with E-state index in [0.29, 0.717) is 30.1 Å². The summed E-state index contributed by atoms with van der Waals surface area (Å²) >= 11 is 5.83. The summed E-state index contributed by atoms with van der Waals surface area (Å²) in [5, 5.41) is 5.92. The van der Waals surface area contributed by atoms with Gasteiger partial charge in [0.05, 0.1) is 0 Å². The van der Waals surface area contributed by atoms with Gasteiger partial charge in [0.15, 0.2) is 0 Å². The molecule has 0 bridgehead atoms. The second-order valence-corrected chi connectivity index (χ2v) is 6.03. The third-order valence-electron chi connectivity index (χ3n) is 2.36. The first-order chi connectivity index (χ1) is 9.76. The molecule has 2 amide bonds. The van der Waals surface area contributed by atoms with Crippen molar-refractivity contribution in [2.45, 2.75) is 39.2 Å². The van der Waals surface area contributed by atoms with E-state index in [0.717, 1.165) is 0 Å². The number of nitrogens with one attached hydrogen (secondary N) is 2. The minimum absolute atomic E-state index is 0.122. The number of anilines is 1. The Balaban J connectivity index is 2.21. The monoisotopic (exact) mass is 312 g/mol. The quantitative estimate of drug-likeness (QED) is 0.817. The largest absolute Gasteiger partial charge is 0.444 e. The van der Waals surface area contributed by atoms with Crippen molar-refractivity contribution < 1.29 is 14.3 Å². The molecule has 0 fully saturated rings. The average Bonchev–Trinajstić information content (AvgIpc) is 2.32. The molecule has 0 atom stereocenters. The zero-order valence-corrected chi connectivity index (χ0v) is 13.3. The van der Waals surface area contributed by atoms with Crippen LogP contribution in [0.25, 0.3) is 0 Å². The molecule has 0 aliphatic heterocycles. The fourth-order valence-corrected chi connectivity index (χ4v) is 1.73. The lowest BCUT2D eigenvalue weighted by Gasteiger charge is -2.19. The van der Waals surface area contributed by atoms with E-state index in [1.807, 2.05) is 0 Å². The minimum atomic E-state index is -0.520. The number of benzene rings is 1. The van der Waals surface area contributed by atoms with Gasteiger partial charge < -0.3 is 15.4 Å². The van der Waals surface area contributed by atoms with Gasteiger partial charge in [-0.15, -0.1) is 0 Å². The van der Waals surface area contributed by atoms with Crippen molar-refractivity contribution in [2.75, 3.05) is 11.9 Å². The molecule has 1 rings (SSSR count). The smallest absolute Gasteiger partial charge is 0.407 e. The molecule has 0 spiro atoms. The highest BCUT2D eigenvalue weighted by molar-refractivity contribution is 6.30. The first-order valence-electron chi connectivity index (χ1n) is 6.78. The number of hydrogen-bond acceptors (Lipinski definition) is 3. The lowest BCUT2D eigenvalue weighted by molar-refractivity contribution is -0.116. The number of ether oxygens (including phenoxy) is 1. The predicted molar refractivity (Wildman–Crippen MR) is 83.6 cm³/mol. The van der Waals surface area contributed by atoms with Gasteiger partial charge in [0.25, 0.3) is 0 Å². The summed E-state index contributed by atoms with van der Waals surface area (Å²) in [5.41, 5.74) is 0.140. The molecule has 0 aliphatic rings. The van der Waals surface area contributed by atoms with Crippen LogP contribution in [-0.2, 0) is 9.53 Å². The lowest BCUT2D eigenvalue weighted by Crippen LogP contribution is -2.33. The number of hydrogen-bond donors (Lipinski definition) is 2. The lowest BCUT2D eigenvalue weighted by atomic mass is 10.2. The van der Waals surface area contributed by atoms with Gasteiger partial charge >= 0.3 is 6.09 Å². The Morgan fingerprint density at radius 1 is 1.29 bits per heavy atom. The molecular formula is C15H21ClN2O3. The number of alkyl carbamates (subject to hydrolysis) is 1. The summed E-state index contributed by atoms with van der Waals surface area (Å²) in [7, 11) is 0. The minimum Gasteiger partial charge on any atom is -0.444 e. The molecule has 0 saturated heterocycles. The van der Waals surface area contributed by atoms with Crippen LogP contribution in [0.15, 0.2) is 24.3 Å². The normalized spacial score (nSPS) is 10.9. The molecule has 0 aromatic heterocycles. The maximum absolute atomic E-state index is 11.7. The molecule has 1 aromatic carbocycles. The van der Waals surface area contributed by atoms with E-state index in [1.54, 1.807) is 45.0 Å². The predicted octanol–water partition coefficient (Wildman–Crippen LogP) is 3.58. The summed E-state index contributed by atoms with van der Waals surface area (Å²) in [6.07, 6.45) is 0.367. The second-order valence-electron chi connectivity index (χ2n) is 5.59. The SMILES string of the molecule is CC(C)(C)OC(=O)NCCCC(=O)Nc1cccc(Cl)c1. The van der Waals surface area contributed by atoms with Crippen molar-refractivity contribution >= 4 is 29.3 Å². The van der Waals surface area contributed by atoms with Crippen molar-refractivity contribution in [1.82, 2.24) is 5.32 Å². The van der Waals surface area contributed by atoms with E-state index >= 15 is 0 Å². The van der Waals surface area contributed by atoms with E-state index in [2.05, 4.69) is 10.6 Å². The fourth-order valence-electron chi connectivity index (χ4n) is 1.54. The Morgan fingerprint density at radius 2 is 2.00 bits per heavy atom. The Labute approximate surface area is 130 Å². The van der Waals surface area contributed by atoms with Gasteiger partial charge in [0, 0.05) is 23.7 Å². The second kappa shape index (κ2) is 7.88. The third-order valence-corrected chi connectivity index (χ3v) is 2.59. The molecule has 21 heavy (non-hydrogen) atoms. The zero-order chi connectivity index (χ0) is 15.9. The van der Waals surface area contributed by atoms with E-state index < -0.39 is 11.7 Å². The first kappa shape index (κ1) is 17.3. The van der Waals surface area contributed by atoms with Crippen molar-refractivity contribution in [3.05, 3.63) is 29.3 Å². The number of carbonyl (C=O) groups is 2. The van der Waals surface area contributed by atoms with Crippen molar-refractivity contribution in [3.63, 3.8) is 0 Å². The molecule has 6 heteroatoms. The van der Waals surface area contributed by atoms with Crippen LogP contribution in [0.3, 0.4) is 0 Å². The summed E-state index contributed by atoms with van der Waals surface area (Å²) in [5.74, 6) is -0.122. The number of carbonyl (C=O) groups excluding carboxylic acids is 2. The van der Waals surface area contributed by atoms with E-state index in [1.165, 1.54) is 0 Å². The van der Waals surface area contributed by atoms with Crippen LogP contribution in [0.1, 0.15) is 33.6 Å². The highest BCUT2D eigenvalue weighted by Crippen LogP contribution is 2.15. The molecule has 0 heterocycles. The van der Waals surface area contributed by atoms with Crippen LogP contribution < -0.4 is 10.6 Å². The van der Waals surface area contributed by atoms with Gasteiger partial charge in [0.1, 0.15) is 5.60 Å². The molecule has 2 N–H and O–H groups in total. The van der Waals surface area contributed by atoms with Crippen molar-refractivity contribution in [3.8, 4) is 0 Å². The number of rotatable bonds is 5. The van der Waals surface area contributed by atoms with Gasteiger partial charge in [-0.05, 0) is 45.4 Å². The molecule has 5 nitrogen and oxygen atoms in total. The van der Waals surface area contributed by atoms with E-state index in [-0.39, 0.29) is 5.91 Å². The van der Waals surface area contributed by atoms with E-state index in [9.17, 15) is 9.59 Å². The van der Waals surface area contributed by atoms with Crippen LogP contribution in [0.2, 0.25) is 5.02 Å². The molecule has 0 unspecified atom stereocenters. The molecular weight excluding hydrogens is 292 g/mol. The molecule has 0 aliphatic carbocycles. The van der Waals surface area contributed by atoms with Gasteiger partial charge in [-0.1, -0.05) is 17.7 Å².